The highest BCUT2D eigenvalue weighted by Gasteiger charge is 2.16. The number of fused-ring (bicyclic) bond motifs is 1. The Morgan fingerprint density at radius 1 is 1.21 bits per heavy atom. The van der Waals surface area contributed by atoms with Gasteiger partial charge in [0.2, 0.25) is 0 Å². The second kappa shape index (κ2) is 7.86. The molecule has 144 valence electrons. The molecule has 4 rings (SSSR count). The van der Waals surface area contributed by atoms with Crippen LogP contribution in [0.25, 0.3) is 10.2 Å². The zero-order valence-corrected chi connectivity index (χ0v) is 16.3. The van der Waals surface area contributed by atoms with Crippen molar-refractivity contribution < 1.29 is 10.0 Å². The Balaban J connectivity index is 1.65. The van der Waals surface area contributed by atoms with Crippen LogP contribution >= 0.6 is 23.1 Å². The smallest absolute Gasteiger partial charge is 0.283 e. The predicted molar refractivity (Wildman–Crippen MR) is 112 cm³/mol. The molecule has 0 aliphatic carbocycles. The quantitative estimate of drug-likeness (QED) is 0.293. The molecule has 0 aliphatic rings. The van der Waals surface area contributed by atoms with Gasteiger partial charge in [0.25, 0.3) is 11.2 Å². The average Bonchev–Trinajstić information content (AvgIpc) is 3.12. The van der Waals surface area contributed by atoms with Gasteiger partial charge in [-0.2, -0.15) is 9.78 Å². The minimum absolute atomic E-state index is 0.0128. The molecular weight excluding hydrogens is 412 g/mol. The standard InChI is InChI=1S/C19H12N4O4S2/c24-13-7-5-12(6-8-13)10-21-22-11-20-18-14(19(22)25)9-17(29-18)28-16-4-2-1-3-15(16)23(26)27/h1-11,24H. The topological polar surface area (TPSA) is 111 Å². The van der Waals surface area contributed by atoms with Gasteiger partial charge in [-0.1, -0.05) is 23.9 Å². The van der Waals surface area contributed by atoms with Crippen molar-refractivity contribution in [3.63, 3.8) is 0 Å². The van der Waals surface area contributed by atoms with Crippen LogP contribution in [0.15, 0.2) is 79.9 Å². The maximum atomic E-state index is 12.7. The van der Waals surface area contributed by atoms with Crippen LogP contribution in [0.3, 0.4) is 0 Å². The Kier molecular flexibility index (Phi) is 5.10. The molecule has 0 saturated carbocycles. The molecule has 10 heteroatoms. The number of aromatic hydroxyl groups is 1. The first kappa shape index (κ1) is 18.8. The summed E-state index contributed by atoms with van der Waals surface area (Å²) in [5.41, 5.74) is 0.391. The molecule has 2 aromatic heterocycles. The molecule has 0 spiro atoms. The van der Waals surface area contributed by atoms with Gasteiger partial charge in [-0.15, -0.1) is 11.3 Å². The van der Waals surface area contributed by atoms with Crippen LogP contribution in [0.5, 0.6) is 5.75 Å². The Labute approximate surface area is 171 Å². The molecule has 0 bridgehead atoms. The summed E-state index contributed by atoms with van der Waals surface area (Å²) in [6.45, 7) is 0. The number of hydrogen-bond acceptors (Lipinski definition) is 8. The van der Waals surface area contributed by atoms with E-state index in [4.69, 9.17) is 0 Å². The molecule has 4 aromatic rings. The lowest BCUT2D eigenvalue weighted by atomic mass is 10.2. The van der Waals surface area contributed by atoms with Crippen LogP contribution in [0, 0.1) is 10.1 Å². The van der Waals surface area contributed by atoms with Gasteiger partial charge in [0.05, 0.1) is 25.6 Å². The van der Waals surface area contributed by atoms with E-state index in [1.807, 2.05) is 0 Å². The third-order valence-corrected chi connectivity index (χ3v) is 6.13. The van der Waals surface area contributed by atoms with E-state index in [-0.39, 0.29) is 17.0 Å². The fraction of sp³-hybridized carbons (Fsp3) is 0. The van der Waals surface area contributed by atoms with E-state index >= 15 is 0 Å². The second-order valence-electron chi connectivity index (χ2n) is 5.84. The maximum Gasteiger partial charge on any atom is 0.283 e. The number of aromatic nitrogens is 2. The van der Waals surface area contributed by atoms with E-state index in [0.29, 0.717) is 20.7 Å². The molecule has 0 fully saturated rings. The van der Waals surface area contributed by atoms with Crippen molar-refractivity contribution in [2.24, 2.45) is 5.10 Å². The number of benzene rings is 2. The van der Waals surface area contributed by atoms with Gasteiger partial charge in [-0.3, -0.25) is 14.9 Å². The van der Waals surface area contributed by atoms with Gasteiger partial charge in [0.1, 0.15) is 16.9 Å². The number of nitro groups is 1. The molecule has 0 atom stereocenters. The first-order valence-corrected chi connectivity index (χ1v) is 9.90. The van der Waals surface area contributed by atoms with Crippen molar-refractivity contribution in [1.82, 2.24) is 9.66 Å². The first-order valence-electron chi connectivity index (χ1n) is 8.27. The fourth-order valence-electron chi connectivity index (χ4n) is 2.52. The molecular formula is C19H12N4O4S2. The van der Waals surface area contributed by atoms with E-state index in [1.54, 1.807) is 36.4 Å². The molecule has 0 saturated heterocycles. The SMILES string of the molecule is O=c1c2cc(Sc3ccccc3[N+](=O)[O-])sc2ncn1N=Cc1ccc(O)cc1. The van der Waals surface area contributed by atoms with Crippen molar-refractivity contribution >= 4 is 45.2 Å². The number of hydrogen-bond donors (Lipinski definition) is 1. The second-order valence-corrected chi connectivity index (χ2v) is 8.21. The first-order chi connectivity index (χ1) is 14.0. The normalized spacial score (nSPS) is 11.3. The number of nitrogens with zero attached hydrogens (tertiary/aromatic N) is 4. The Morgan fingerprint density at radius 3 is 2.72 bits per heavy atom. The zero-order chi connectivity index (χ0) is 20.4. The molecule has 8 nitrogen and oxygen atoms in total. The number of para-hydroxylation sites is 1. The van der Waals surface area contributed by atoms with E-state index < -0.39 is 4.92 Å². The van der Waals surface area contributed by atoms with Crippen LogP contribution in [-0.2, 0) is 0 Å². The van der Waals surface area contributed by atoms with Crippen molar-refractivity contribution in [2.75, 3.05) is 0 Å². The zero-order valence-electron chi connectivity index (χ0n) is 14.6. The van der Waals surface area contributed by atoms with Crippen LogP contribution < -0.4 is 5.56 Å². The van der Waals surface area contributed by atoms with Crippen molar-refractivity contribution in [1.29, 1.82) is 0 Å². The molecule has 0 amide bonds. The van der Waals surface area contributed by atoms with E-state index in [1.165, 1.54) is 53.8 Å². The van der Waals surface area contributed by atoms with Crippen LogP contribution in [0.2, 0.25) is 0 Å². The van der Waals surface area contributed by atoms with Gasteiger partial charge >= 0.3 is 0 Å². The lowest BCUT2D eigenvalue weighted by Crippen LogP contribution is -2.16. The monoisotopic (exact) mass is 424 g/mol. The number of nitro benzene ring substituents is 1. The van der Waals surface area contributed by atoms with Gasteiger partial charge in [-0.05, 0) is 42.0 Å². The highest BCUT2D eigenvalue weighted by Crippen LogP contribution is 2.39. The van der Waals surface area contributed by atoms with Crippen molar-refractivity contribution in [3.8, 4) is 5.75 Å². The lowest BCUT2D eigenvalue weighted by Gasteiger charge is -1.99. The van der Waals surface area contributed by atoms with Crippen LogP contribution in [0.4, 0.5) is 5.69 Å². The highest BCUT2D eigenvalue weighted by atomic mass is 32.2. The number of phenols is 1. The summed E-state index contributed by atoms with van der Waals surface area (Å²) >= 11 is 2.51. The summed E-state index contributed by atoms with van der Waals surface area (Å²) in [4.78, 5) is 28.8. The average molecular weight is 424 g/mol. The molecule has 29 heavy (non-hydrogen) atoms. The molecule has 2 aromatic carbocycles. The third-order valence-electron chi connectivity index (χ3n) is 3.91. The lowest BCUT2D eigenvalue weighted by molar-refractivity contribution is -0.387. The molecule has 2 heterocycles. The molecule has 0 radical (unpaired) electrons. The molecule has 0 aliphatic heterocycles. The van der Waals surface area contributed by atoms with E-state index in [0.717, 1.165) is 8.89 Å². The fourth-order valence-corrected chi connectivity index (χ4v) is 4.70. The van der Waals surface area contributed by atoms with E-state index in [9.17, 15) is 20.0 Å². The highest BCUT2D eigenvalue weighted by molar-refractivity contribution is 8.01. The van der Waals surface area contributed by atoms with Gasteiger partial charge in [-0.25, -0.2) is 4.98 Å². The van der Waals surface area contributed by atoms with Gasteiger partial charge < -0.3 is 5.11 Å². The van der Waals surface area contributed by atoms with Crippen LogP contribution in [0.1, 0.15) is 5.56 Å². The predicted octanol–water partition coefficient (Wildman–Crippen LogP) is 4.11. The van der Waals surface area contributed by atoms with Gasteiger partial charge in [0, 0.05) is 6.07 Å². The summed E-state index contributed by atoms with van der Waals surface area (Å²) < 4.78 is 1.85. The van der Waals surface area contributed by atoms with Gasteiger partial charge in [0.15, 0.2) is 0 Å². The number of thiophene rings is 1. The maximum absolute atomic E-state index is 12.7. The summed E-state index contributed by atoms with van der Waals surface area (Å²) in [5.74, 6) is 0.143. The molecule has 1 N–H and O–H groups in total. The minimum Gasteiger partial charge on any atom is -0.508 e. The largest absolute Gasteiger partial charge is 0.508 e. The Hall–Kier alpha value is -3.50. The minimum atomic E-state index is -0.432. The number of rotatable bonds is 5. The summed E-state index contributed by atoms with van der Waals surface area (Å²) in [5, 5.41) is 25.0. The van der Waals surface area contributed by atoms with E-state index in [2.05, 4.69) is 10.1 Å². The number of phenolic OH excluding ortho intramolecular Hbond substituents is 1. The van der Waals surface area contributed by atoms with Crippen LogP contribution in [-0.4, -0.2) is 25.9 Å². The summed E-state index contributed by atoms with van der Waals surface area (Å²) in [7, 11) is 0. The third kappa shape index (κ3) is 4.03. The summed E-state index contributed by atoms with van der Waals surface area (Å²) in [6, 6.07) is 14.5. The Morgan fingerprint density at radius 2 is 1.97 bits per heavy atom. The van der Waals surface area contributed by atoms with Crippen molar-refractivity contribution in [2.45, 2.75) is 9.10 Å². The molecule has 0 unspecified atom stereocenters. The Bertz CT molecular complexity index is 1300. The summed E-state index contributed by atoms with van der Waals surface area (Å²) in [6.07, 6.45) is 2.82. The van der Waals surface area contributed by atoms with Crippen molar-refractivity contribution in [3.05, 3.63) is 87.0 Å².